The maximum Gasteiger partial charge on any atom is 0.119 e. The fourth-order valence-corrected chi connectivity index (χ4v) is 2.40. The highest BCUT2D eigenvalue weighted by molar-refractivity contribution is 5.29. The van der Waals surface area contributed by atoms with Crippen LogP contribution in [0, 0.1) is 6.92 Å². The molecule has 0 bridgehead atoms. The van der Waals surface area contributed by atoms with Crippen molar-refractivity contribution in [3.63, 3.8) is 0 Å². The second-order valence-corrected chi connectivity index (χ2v) is 5.11. The summed E-state index contributed by atoms with van der Waals surface area (Å²) < 4.78 is 5.25. The predicted octanol–water partition coefficient (Wildman–Crippen LogP) is 2.62. The summed E-state index contributed by atoms with van der Waals surface area (Å²) in [6, 6.07) is 16.9. The molecule has 2 rings (SSSR count). The Morgan fingerprint density at radius 3 is 2.30 bits per heavy atom. The number of hydrogen-bond donors (Lipinski definition) is 2. The van der Waals surface area contributed by atoms with Gasteiger partial charge in [0.15, 0.2) is 0 Å². The van der Waals surface area contributed by atoms with Gasteiger partial charge in [0, 0.05) is 6.04 Å². The SMILES string of the molecule is COc1cccc(CC(Cc2cccc(C)c2)NN)c1. The van der Waals surface area contributed by atoms with Crippen molar-refractivity contribution in [1.29, 1.82) is 0 Å². The molecule has 0 aromatic heterocycles. The summed E-state index contributed by atoms with van der Waals surface area (Å²) in [6.45, 7) is 2.11. The Bertz CT molecular complexity index is 554. The molecule has 20 heavy (non-hydrogen) atoms. The van der Waals surface area contributed by atoms with E-state index in [4.69, 9.17) is 10.6 Å². The van der Waals surface area contributed by atoms with Crippen molar-refractivity contribution in [2.24, 2.45) is 5.84 Å². The van der Waals surface area contributed by atoms with Gasteiger partial charge in [-0.15, -0.1) is 0 Å². The number of hydrazine groups is 1. The van der Waals surface area contributed by atoms with Gasteiger partial charge in [0.1, 0.15) is 5.75 Å². The third kappa shape index (κ3) is 4.08. The van der Waals surface area contributed by atoms with Crippen LogP contribution in [0.4, 0.5) is 0 Å². The lowest BCUT2D eigenvalue weighted by Crippen LogP contribution is -2.38. The quantitative estimate of drug-likeness (QED) is 0.626. The van der Waals surface area contributed by atoms with E-state index in [-0.39, 0.29) is 6.04 Å². The molecule has 106 valence electrons. The molecule has 0 spiro atoms. The average molecular weight is 270 g/mol. The van der Waals surface area contributed by atoms with Crippen molar-refractivity contribution >= 4 is 0 Å². The highest BCUT2D eigenvalue weighted by Crippen LogP contribution is 2.15. The number of aryl methyl sites for hydroxylation is 1. The third-order valence-electron chi connectivity index (χ3n) is 3.42. The standard InChI is InChI=1S/C17H22N2O/c1-13-5-3-6-14(9-13)10-16(19-18)11-15-7-4-8-17(12-15)20-2/h3-9,12,16,19H,10-11,18H2,1-2H3. The molecular weight excluding hydrogens is 248 g/mol. The first-order valence-electron chi connectivity index (χ1n) is 6.86. The molecule has 0 aliphatic heterocycles. The first kappa shape index (κ1) is 14.6. The Labute approximate surface area is 120 Å². The van der Waals surface area contributed by atoms with Gasteiger partial charge >= 0.3 is 0 Å². The van der Waals surface area contributed by atoms with Gasteiger partial charge < -0.3 is 4.74 Å². The molecule has 0 saturated heterocycles. The zero-order valence-corrected chi connectivity index (χ0v) is 12.1. The highest BCUT2D eigenvalue weighted by atomic mass is 16.5. The van der Waals surface area contributed by atoms with Gasteiger partial charge in [-0.1, -0.05) is 42.0 Å². The van der Waals surface area contributed by atoms with E-state index in [0.717, 1.165) is 18.6 Å². The van der Waals surface area contributed by atoms with E-state index in [0.29, 0.717) is 0 Å². The molecule has 0 radical (unpaired) electrons. The van der Waals surface area contributed by atoms with Gasteiger partial charge in [0.2, 0.25) is 0 Å². The van der Waals surface area contributed by atoms with Crippen LogP contribution in [0.2, 0.25) is 0 Å². The lowest BCUT2D eigenvalue weighted by atomic mass is 9.98. The van der Waals surface area contributed by atoms with Gasteiger partial charge in [-0.2, -0.15) is 0 Å². The minimum Gasteiger partial charge on any atom is -0.497 e. The number of methoxy groups -OCH3 is 1. The molecule has 1 atom stereocenters. The summed E-state index contributed by atoms with van der Waals surface area (Å²) in [7, 11) is 1.69. The van der Waals surface area contributed by atoms with Crippen LogP contribution in [-0.2, 0) is 12.8 Å². The van der Waals surface area contributed by atoms with E-state index in [9.17, 15) is 0 Å². The monoisotopic (exact) mass is 270 g/mol. The van der Waals surface area contributed by atoms with Crippen LogP contribution >= 0.6 is 0 Å². The Balaban J connectivity index is 2.05. The molecular formula is C17H22N2O. The second kappa shape index (κ2) is 7.08. The first-order valence-corrected chi connectivity index (χ1v) is 6.86. The molecule has 0 aliphatic carbocycles. The Morgan fingerprint density at radius 1 is 1.05 bits per heavy atom. The van der Waals surface area contributed by atoms with Crippen LogP contribution in [0.1, 0.15) is 16.7 Å². The number of nitrogens with two attached hydrogens (primary N) is 1. The predicted molar refractivity (Wildman–Crippen MR) is 82.7 cm³/mol. The normalized spacial score (nSPS) is 12.2. The molecule has 2 aromatic carbocycles. The molecule has 3 nitrogen and oxygen atoms in total. The minimum atomic E-state index is 0.212. The lowest BCUT2D eigenvalue weighted by Gasteiger charge is -2.16. The summed E-state index contributed by atoms with van der Waals surface area (Å²) >= 11 is 0. The number of rotatable bonds is 6. The van der Waals surface area contributed by atoms with Crippen molar-refractivity contribution in [3.05, 3.63) is 65.2 Å². The van der Waals surface area contributed by atoms with Crippen LogP contribution in [0.3, 0.4) is 0 Å². The summed E-state index contributed by atoms with van der Waals surface area (Å²) in [6.07, 6.45) is 1.79. The van der Waals surface area contributed by atoms with Crippen LogP contribution in [0.5, 0.6) is 5.75 Å². The molecule has 1 unspecified atom stereocenters. The molecule has 2 aromatic rings. The zero-order valence-electron chi connectivity index (χ0n) is 12.1. The van der Waals surface area contributed by atoms with Crippen LogP contribution in [-0.4, -0.2) is 13.2 Å². The molecule has 3 N–H and O–H groups in total. The van der Waals surface area contributed by atoms with E-state index < -0.39 is 0 Å². The molecule has 0 aliphatic rings. The number of nitrogens with one attached hydrogen (secondary N) is 1. The Kier molecular flexibility index (Phi) is 5.16. The van der Waals surface area contributed by atoms with Crippen LogP contribution in [0.25, 0.3) is 0 Å². The van der Waals surface area contributed by atoms with Crippen LogP contribution < -0.4 is 16.0 Å². The van der Waals surface area contributed by atoms with Crippen molar-refractivity contribution in [2.45, 2.75) is 25.8 Å². The molecule has 0 fully saturated rings. The topological polar surface area (TPSA) is 47.3 Å². The lowest BCUT2D eigenvalue weighted by molar-refractivity contribution is 0.413. The fraction of sp³-hybridized carbons (Fsp3) is 0.294. The van der Waals surface area contributed by atoms with E-state index in [1.54, 1.807) is 7.11 Å². The van der Waals surface area contributed by atoms with Crippen molar-refractivity contribution in [3.8, 4) is 5.75 Å². The number of benzene rings is 2. The van der Waals surface area contributed by atoms with Crippen molar-refractivity contribution in [1.82, 2.24) is 5.43 Å². The van der Waals surface area contributed by atoms with Gasteiger partial charge in [-0.05, 0) is 43.0 Å². The second-order valence-electron chi connectivity index (χ2n) is 5.11. The smallest absolute Gasteiger partial charge is 0.119 e. The van der Waals surface area contributed by atoms with E-state index in [1.807, 2.05) is 12.1 Å². The molecule has 3 heteroatoms. The fourth-order valence-electron chi connectivity index (χ4n) is 2.40. The third-order valence-corrected chi connectivity index (χ3v) is 3.42. The van der Waals surface area contributed by atoms with E-state index in [1.165, 1.54) is 16.7 Å². The van der Waals surface area contributed by atoms with Gasteiger partial charge in [-0.3, -0.25) is 11.3 Å². The maximum absolute atomic E-state index is 5.70. The molecule has 0 heterocycles. The summed E-state index contributed by atoms with van der Waals surface area (Å²) in [5.41, 5.74) is 6.72. The average Bonchev–Trinajstić information content (AvgIpc) is 2.47. The van der Waals surface area contributed by atoms with Gasteiger partial charge in [0.05, 0.1) is 7.11 Å². The number of hydrogen-bond acceptors (Lipinski definition) is 3. The van der Waals surface area contributed by atoms with Crippen LogP contribution in [0.15, 0.2) is 48.5 Å². The largest absolute Gasteiger partial charge is 0.497 e. The Hall–Kier alpha value is -1.84. The first-order chi connectivity index (χ1) is 9.71. The molecule has 0 saturated carbocycles. The van der Waals surface area contributed by atoms with E-state index >= 15 is 0 Å². The van der Waals surface area contributed by atoms with Gasteiger partial charge in [0.25, 0.3) is 0 Å². The zero-order chi connectivity index (χ0) is 14.4. The minimum absolute atomic E-state index is 0.212. The van der Waals surface area contributed by atoms with Crippen molar-refractivity contribution in [2.75, 3.05) is 7.11 Å². The van der Waals surface area contributed by atoms with Gasteiger partial charge in [-0.25, -0.2) is 0 Å². The summed E-state index contributed by atoms with van der Waals surface area (Å²) in [4.78, 5) is 0. The highest BCUT2D eigenvalue weighted by Gasteiger charge is 2.09. The van der Waals surface area contributed by atoms with E-state index in [2.05, 4.69) is 48.7 Å². The molecule has 0 amide bonds. The maximum atomic E-state index is 5.70. The summed E-state index contributed by atoms with van der Waals surface area (Å²) in [5, 5.41) is 0. The Morgan fingerprint density at radius 2 is 1.70 bits per heavy atom. The summed E-state index contributed by atoms with van der Waals surface area (Å²) in [5.74, 6) is 6.58. The van der Waals surface area contributed by atoms with Crippen molar-refractivity contribution < 1.29 is 4.74 Å². The number of ether oxygens (including phenoxy) is 1.